The van der Waals surface area contributed by atoms with Crippen molar-refractivity contribution in [1.82, 2.24) is 14.3 Å². The van der Waals surface area contributed by atoms with Gasteiger partial charge in [0, 0.05) is 19.1 Å². The lowest BCUT2D eigenvalue weighted by Gasteiger charge is -2.31. The lowest BCUT2D eigenvalue weighted by Crippen LogP contribution is -2.43. The Kier molecular flexibility index (Phi) is 4.73. The molecule has 8 nitrogen and oxygen atoms in total. The number of nitrogens with zero attached hydrogens (tertiary/aromatic N) is 3. The second-order valence-electron chi connectivity index (χ2n) is 4.81. The van der Waals surface area contributed by atoms with Crippen LogP contribution in [0.15, 0.2) is 12.4 Å². The zero-order valence-electron chi connectivity index (χ0n) is 11.7. The van der Waals surface area contributed by atoms with Gasteiger partial charge in [0.2, 0.25) is 10.0 Å². The lowest BCUT2D eigenvalue weighted by atomic mass is 10.1. The molecule has 0 bridgehead atoms. The van der Waals surface area contributed by atoms with Gasteiger partial charge < -0.3 is 10.4 Å². The molecule has 1 fully saturated rings. The zero-order valence-corrected chi connectivity index (χ0v) is 12.5. The molecule has 0 amide bonds. The summed E-state index contributed by atoms with van der Waals surface area (Å²) >= 11 is 0. The normalized spacial score (nSPS) is 17.6. The largest absolute Gasteiger partial charge is 0.476 e. The standard InChI is InChI=1S/C12H18N4O4S/c1-2-21(19,20)16-5-3-9(4-6-16)15-11-8-13-10(7-14-11)12(17)18/h7-9H,2-6H2,1H3,(H,14,15)(H,17,18). The average molecular weight is 314 g/mol. The van der Waals surface area contributed by atoms with Crippen LogP contribution in [0.5, 0.6) is 0 Å². The Labute approximate surface area is 123 Å². The number of carbonyl (C=O) groups is 1. The van der Waals surface area contributed by atoms with E-state index in [0.29, 0.717) is 31.7 Å². The van der Waals surface area contributed by atoms with Crippen LogP contribution in [-0.4, -0.2) is 58.7 Å². The van der Waals surface area contributed by atoms with Gasteiger partial charge in [0.1, 0.15) is 5.82 Å². The molecular weight excluding hydrogens is 296 g/mol. The van der Waals surface area contributed by atoms with E-state index in [9.17, 15) is 13.2 Å². The summed E-state index contributed by atoms with van der Waals surface area (Å²) in [5.41, 5.74) is -0.107. The molecule has 0 aliphatic carbocycles. The van der Waals surface area contributed by atoms with Crippen LogP contribution >= 0.6 is 0 Å². The monoisotopic (exact) mass is 314 g/mol. The van der Waals surface area contributed by atoms with Crippen molar-refractivity contribution in [1.29, 1.82) is 0 Å². The van der Waals surface area contributed by atoms with Crippen LogP contribution in [-0.2, 0) is 10.0 Å². The summed E-state index contributed by atoms with van der Waals surface area (Å²) in [4.78, 5) is 18.4. The van der Waals surface area contributed by atoms with Gasteiger partial charge in [-0.05, 0) is 19.8 Å². The van der Waals surface area contributed by atoms with Crippen molar-refractivity contribution in [3.63, 3.8) is 0 Å². The van der Waals surface area contributed by atoms with E-state index in [-0.39, 0.29) is 17.5 Å². The van der Waals surface area contributed by atoms with Gasteiger partial charge in [0.05, 0.1) is 18.1 Å². The van der Waals surface area contributed by atoms with Crippen LogP contribution in [0.3, 0.4) is 0 Å². The third kappa shape index (κ3) is 3.88. The van der Waals surface area contributed by atoms with Crippen molar-refractivity contribution in [3.8, 4) is 0 Å². The number of piperidine rings is 1. The first kappa shape index (κ1) is 15.6. The molecule has 21 heavy (non-hydrogen) atoms. The molecule has 2 N–H and O–H groups in total. The molecule has 1 aliphatic rings. The van der Waals surface area contributed by atoms with E-state index in [1.807, 2.05) is 0 Å². The summed E-state index contributed by atoms with van der Waals surface area (Å²) < 4.78 is 25.0. The highest BCUT2D eigenvalue weighted by Crippen LogP contribution is 2.17. The fourth-order valence-electron chi connectivity index (χ4n) is 2.18. The second kappa shape index (κ2) is 6.35. The molecule has 0 unspecified atom stereocenters. The fraction of sp³-hybridized carbons (Fsp3) is 0.583. The van der Waals surface area contributed by atoms with Crippen LogP contribution in [0.2, 0.25) is 0 Å². The van der Waals surface area contributed by atoms with E-state index >= 15 is 0 Å². The quantitative estimate of drug-likeness (QED) is 0.809. The first-order valence-corrected chi connectivity index (χ1v) is 8.33. The van der Waals surface area contributed by atoms with Crippen LogP contribution in [0.4, 0.5) is 5.82 Å². The number of carboxylic acid groups (broad SMARTS) is 1. The fourth-order valence-corrected chi connectivity index (χ4v) is 3.32. The van der Waals surface area contributed by atoms with Gasteiger partial charge in [-0.15, -0.1) is 0 Å². The van der Waals surface area contributed by atoms with Gasteiger partial charge in [0.25, 0.3) is 0 Å². The van der Waals surface area contributed by atoms with Crippen molar-refractivity contribution in [2.45, 2.75) is 25.8 Å². The minimum absolute atomic E-state index is 0.107. The van der Waals surface area contributed by atoms with Gasteiger partial charge in [-0.25, -0.2) is 27.5 Å². The Morgan fingerprint density at radius 3 is 2.52 bits per heavy atom. The summed E-state index contributed by atoms with van der Waals surface area (Å²) in [7, 11) is -3.12. The number of nitrogens with one attached hydrogen (secondary N) is 1. The first-order valence-electron chi connectivity index (χ1n) is 6.72. The van der Waals surface area contributed by atoms with Crippen LogP contribution in [0.1, 0.15) is 30.3 Å². The SMILES string of the molecule is CCS(=O)(=O)N1CCC(Nc2cnc(C(=O)O)cn2)CC1. The van der Waals surface area contributed by atoms with E-state index in [1.54, 1.807) is 6.92 Å². The molecule has 1 saturated heterocycles. The summed E-state index contributed by atoms with van der Waals surface area (Å²) in [5.74, 6) is -0.503. The molecule has 1 aliphatic heterocycles. The second-order valence-corrected chi connectivity index (χ2v) is 7.07. The topological polar surface area (TPSA) is 112 Å². The van der Waals surface area contributed by atoms with E-state index in [4.69, 9.17) is 5.11 Å². The van der Waals surface area contributed by atoms with Crippen molar-refractivity contribution < 1.29 is 18.3 Å². The smallest absolute Gasteiger partial charge is 0.356 e. The highest BCUT2D eigenvalue weighted by atomic mass is 32.2. The Morgan fingerprint density at radius 1 is 1.38 bits per heavy atom. The number of sulfonamides is 1. The molecular formula is C12H18N4O4S. The molecule has 116 valence electrons. The molecule has 0 saturated carbocycles. The van der Waals surface area contributed by atoms with E-state index in [0.717, 1.165) is 0 Å². The highest BCUT2D eigenvalue weighted by Gasteiger charge is 2.26. The van der Waals surface area contributed by atoms with Gasteiger partial charge >= 0.3 is 5.97 Å². The van der Waals surface area contributed by atoms with Crippen molar-refractivity contribution in [2.75, 3.05) is 24.2 Å². The molecule has 1 aromatic rings. The minimum Gasteiger partial charge on any atom is -0.476 e. The summed E-state index contributed by atoms with van der Waals surface area (Å²) in [6, 6.07) is 0.110. The maximum absolute atomic E-state index is 11.7. The van der Waals surface area contributed by atoms with E-state index < -0.39 is 16.0 Å². The average Bonchev–Trinajstić information content (AvgIpc) is 2.48. The first-order chi connectivity index (χ1) is 9.92. The Bertz CT molecular complexity index is 594. The van der Waals surface area contributed by atoms with Crippen molar-refractivity contribution in [2.24, 2.45) is 0 Å². The number of carboxylic acids is 1. The van der Waals surface area contributed by atoms with Crippen molar-refractivity contribution in [3.05, 3.63) is 18.1 Å². The third-order valence-corrected chi connectivity index (χ3v) is 5.32. The van der Waals surface area contributed by atoms with E-state index in [1.165, 1.54) is 16.7 Å². The zero-order chi connectivity index (χ0) is 15.5. The summed E-state index contributed by atoms with van der Waals surface area (Å²) in [6.07, 6.45) is 3.93. The van der Waals surface area contributed by atoms with Crippen molar-refractivity contribution >= 4 is 21.8 Å². The molecule has 0 aromatic carbocycles. The molecule has 0 radical (unpaired) electrons. The molecule has 1 aromatic heterocycles. The number of aromatic carboxylic acids is 1. The molecule has 0 spiro atoms. The van der Waals surface area contributed by atoms with Gasteiger partial charge in [-0.2, -0.15) is 0 Å². The van der Waals surface area contributed by atoms with Crippen LogP contribution in [0.25, 0.3) is 0 Å². The van der Waals surface area contributed by atoms with Crippen LogP contribution < -0.4 is 5.32 Å². The van der Waals surface area contributed by atoms with Crippen LogP contribution in [0, 0.1) is 0 Å². The number of aromatic nitrogens is 2. The Balaban J connectivity index is 1.90. The maximum Gasteiger partial charge on any atom is 0.356 e. The maximum atomic E-state index is 11.7. The Morgan fingerprint density at radius 2 is 2.05 bits per heavy atom. The number of rotatable bonds is 5. The Hall–Kier alpha value is -1.74. The summed E-state index contributed by atoms with van der Waals surface area (Å²) in [5, 5.41) is 11.9. The number of anilines is 1. The summed E-state index contributed by atoms with van der Waals surface area (Å²) in [6.45, 7) is 2.60. The number of hydrogen-bond donors (Lipinski definition) is 2. The number of hydrogen-bond acceptors (Lipinski definition) is 6. The molecule has 2 rings (SSSR count). The molecule has 0 atom stereocenters. The van der Waals surface area contributed by atoms with Gasteiger partial charge in [-0.3, -0.25) is 0 Å². The minimum atomic E-state index is -3.12. The van der Waals surface area contributed by atoms with E-state index in [2.05, 4.69) is 15.3 Å². The third-order valence-electron chi connectivity index (χ3n) is 3.44. The van der Waals surface area contributed by atoms with Gasteiger partial charge in [0.15, 0.2) is 5.69 Å². The lowest BCUT2D eigenvalue weighted by molar-refractivity contribution is 0.0690. The highest BCUT2D eigenvalue weighted by molar-refractivity contribution is 7.89. The predicted molar refractivity (Wildman–Crippen MR) is 76.7 cm³/mol. The molecule has 9 heteroatoms. The predicted octanol–water partition coefficient (Wildman–Crippen LogP) is 0.401. The van der Waals surface area contributed by atoms with Gasteiger partial charge in [-0.1, -0.05) is 0 Å². The molecule has 2 heterocycles.